The topological polar surface area (TPSA) is 87.8 Å². The first kappa shape index (κ1) is 27.5. The number of benzene rings is 1. The van der Waals surface area contributed by atoms with Crippen molar-refractivity contribution in [3.05, 3.63) is 74.5 Å². The van der Waals surface area contributed by atoms with Crippen molar-refractivity contribution in [1.82, 2.24) is 19.8 Å². The van der Waals surface area contributed by atoms with Gasteiger partial charge in [0, 0.05) is 65.8 Å². The second-order valence-electron chi connectivity index (χ2n) is 12.4. The number of carbonyl (C=O) groups is 1. The lowest BCUT2D eigenvalue weighted by Crippen LogP contribution is -2.46. The molecule has 0 spiro atoms. The molecule has 2 aromatic heterocycles. The van der Waals surface area contributed by atoms with E-state index in [1.165, 1.54) is 0 Å². The average molecular weight is 557 g/mol. The summed E-state index contributed by atoms with van der Waals surface area (Å²) in [6.07, 6.45) is 8.48. The molecule has 4 heterocycles. The molecule has 3 aromatic rings. The van der Waals surface area contributed by atoms with Gasteiger partial charge in [-0.25, -0.2) is 0 Å². The van der Waals surface area contributed by atoms with E-state index in [0.717, 1.165) is 64.9 Å². The molecule has 1 fully saturated rings. The molecule has 0 bridgehead atoms. The zero-order valence-electron chi connectivity index (χ0n) is 25.0. The predicted molar refractivity (Wildman–Crippen MR) is 158 cm³/mol. The van der Waals surface area contributed by atoms with Crippen LogP contribution in [0.1, 0.15) is 70.9 Å². The van der Waals surface area contributed by atoms with Gasteiger partial charge in [-0.1, -0.05) is 6.07 Å². The number of hydrogen-bond donors (Lipinski definition) is 1. The van der Waals surface area contributed by atoms with E-state index in [0.29, 0.717) is 35.9 Å². The van der Waals surface area contributed by atoms with Crippen LogP contribution in [-0.2, 0) is 13.0 Å². The maximum absolute atomic E-state index is 14.2. The summed E-state index contributed by atoms with van der Waals surface area (Å²) in [5, 5.41) is 0. The van der Waals surface area contributed by atoms with Crippen molar-refractivity contribution in [2.24, 2.45) is 5.92 Å². The number of ether oxygens (including phenoxy) is 2. The number of fused-ring (bicyclic) bond motifs is 2. The number of aryl methyl sites for hydroxylation is 2. The number of rotatable bonds is 5. The molecule has 1 amide bonds. The number of aromatic amines is 1. The van der Waals surface area contributed by atoms with Crippen LogP contribution in [0.5, 0.6) is 11.5 Å². The maximum atomic E-state index is 14.2. The minimum absolute atomic E-state index is 0.0836. The van der Waals surface area contributed by atoms with Crippen LogP contribution in [0, 0.1) is 26.7 Å². The molecule has 1 aliphatic carbocycles. The normalized spacial score (nSPS) is 23.7. The SMILES string of the molecule is Cc1cc(C)c(CN2CCc3c(c(C)c4c(c3-c3cccnc3)O[C@@](C)([C@H]3CC[C@H](N(C)C)CC3)O4)C2=O)c(=O)[nH]1. The van der Waals surface area contributed by atoms with Gasteiger partial charge in [0.15, 0.2) is 11.5 Å². The van der Waals surface area contributed by atoms with Gasteiger partial charge in [-0.15, -0.1) is 0 Å². The Morgan fingerprint density at radius 1 is 1.07 bits per heavy atom. The van der Waals surface area contributed by atoms with Crippen molar-refractivity contribution in [3.8, 4) is 22.6 Å². The molecule has 216 valence electrons. The van der Waals surface area contributed by atoms with Crippen LogP contribution in [0.25, 0.3) is 11.1 Å². The number of amides is 1. The van der Waals surface area contributed by atoms with Crippen LogP contribution in [-0.4, -0.2) is 58.1 Å². The van der Waals surface area contributed by atoms with Crippen LogP contribution in [0.15, 0.2) is 35.4 Å². The summed E-state index contributed by atoms with van der Waals surface area (Å²) >= 11 is 0. The summed E-state index contributed by atoms with van der Waals surface area (Å²) in [7, 11) is 4.30. The number of aromatic nitrogens is 2. The highest BCUT2D eigenvalue weighted by Gasteiger charge is 2.49. The van der Waals surface area contributed by atoms with Crippen molar-refractivity contribution in [2.75, 3.05) is 20.6 Å². The van der Waals surface area contributed by atoms with Gasteiger partial charge in [-0.2, -0.15) is 0 Å². The third-order valence-corrected chi connectivity index (χ3v) is 9.46. The van der Waals surface area contributed by atoms with Gasteiger partial charge in [-0.3, -0.25) is 14.6 Å². The molecule has 8 heteroatoms. The van der Waals surface area contributed by atoms with Gasteiger partial charge >= 0.3 is 0 Å². The third-order valence-electron chi connectivity index (χ3n) is 9.46. The van der Waals surface area contributed by atoms with Gasteiger partial charge < -0.3 is 24.3 Å². The first-order valence-corrected chi connectivity index (χ1v) is 14.7. The van der Waals surface area contributed by atoms with Crippen LogP contribution >= 0.6 is 0 Å². The largest absolute Gasteiger partial charge is 0.448 e. The zero-order chi connectivity index (χ0) is 29.1. The van der Waals surface area contributed by atoms with Gasteiger partial charge in [0.05, 0.1) is 12.1 Å². The molecular formula is C33H40N4O4. The second-order valence-corrected chi connectivity index (χ2v) is 12.4. The maximum Gasteiger partial charge on any atom is 0.254 e. The Kier molecular flexibility index (Phi) is 6.92. The number of hydrogen-bond acceptors (Lipinski definition) is 6. The summed E-state index contributed by atoms with van der Waals surface area (Å²) in [4.78, 5) is 38.3. The number of carbonyl (C=O) groups excluding carboxylic acids is 1. The summed E-state index contributed by atoms with van der Waals surface area (Å²) in [6, 6.07) is 6.46. The minimum Gasteiger partial charge on any atom is -0.448 e. The van der Waals surface area contributed by atoms with Gasteiger partial charge in [0.1, 0.15) is 0 Å². The number of nitrogens with one attached hydrogen (secondary N) is 1. The second kappa shape index (κ2) is 10.3. The Morgan fingerprint density at radius 3 is 2.46 bits per heavy atom. The molecule has 1 atom stereocenters. The Hall–Kier alpha value is -3.65. The van der Waals surface area contributed by atoms with Crippen LogP contribution in [0.2, 0.25) is 0 Å². The van der Waals surface area contributed by atoms with Crippen molar-refractivity contribution >= 4 is 5.91 Å². The molecular weight excluding hydrogens is 516 g/mol. The van der Waals surface area contributed by atoms with Crippen LogP contribution < -0.4 is 15.0 Å². The molecule has 3 aliphatic rings. The first-order valence-electron chi connectivity index (χ1n) is 14.7. The highest BCUT2D eigenvalue weighted by Crippen LogP contribution is 2.55. The van der Waals surface area contributed by atoms with Crippen LogP contribution in [0.4, 0.5) is 0 Å². The van der Waals surface area contributed by atoms with E-state index >= 15 is 0 Å². The smallest absolute Gasteiger partial charge is 0.254 e. The molecule has 0 saturated heterocycles. The lowest BCUT2D eigenvalue weighted by molar-refractivity contribution is -0.123. The summed E-state index contributed by atoms with van der Waals surface area (Å²) in [6.45, 7) is 8.60. The van der Waals surface area contributed by atoms with E-state index in [2.05, 4.69) is 35.9 Å². The van der Waals surface area contributed by atoms with Crippen molar-refractivity contribution < 1.29 is 14.3 Å². The first-order chi connectivity index (χ1) is 19.6. The third kappa shape index (κ3) is 4.72. The highest BCUT2D eigenvalue weighted by atomic mass is 16.7. The average Bonchev–Trinajstić information content (AvgIpc) is 3.31. The van der Waals surface area contributed by atoms with E-state index in [1.54, 1.807) is 11.1 Å². The summed E-state index contributed by atoms with van der Waals surface area (Å²) in [5.74, 6) is 0.728. The molecule has 1 N–H and O–H groups in total. The Labute approximate surface area is 241 Å². The van der Waals surface area contributed by atoms with E-state index < -0.39 is 5.79 Å². The van der Waals surface area contributed by atoms with Crippen molar-refractivity contribution in [2.45, 2.75) is 78.2 Å². The number of pyridine rings is 2. The van der Waals surface area contributed by atoms with E-state index in [4.69, 9.17) is 9.47 Å². The molecule has 2 aliphatic heterocycles. The minimum atomic E-state index is -0.805. The lowest BCUT2D eigenvalue weighted by atomic mass is 9.81. The summed E-state index contributed by atoms with van der Waals surface area (Å²) in [5.41, 5.74) is 6.43. The Bertz CT molecular complexity index is 1560. The molecule has 41 heavy (non-hydrogen) atoms. The van der Waals surface area contributed by atoms with E-state index in [9.17, 15) is 9.59 Å². The molecule has 1 saturated carbocycles. The molecule has 0 unspecified atom stereocenters. The number of H-pyrrole nitrogens is 1. The van der Waals surface area contributed by atoms with Crippen molar-refractivity contribution in [3.63, 3.8) is 0 Å². The standard InChI is InChI=1S/C33H40N4O4/c1-19-16-20(2)35-31(38)26(19)18-37-15-13-25-27(32(37)39)21(3)29-30(28(25)22-8-7-14-34-17-22)41-33(4,40-29)23-9-11-24(12-10-23)36(5)6/h7-8,14,16-17,23-24H,9-13,15,18H2,1-6H3,(H,35,38)/t23-,24-,33-/m0/s1. The highest BCUT2D eigenvalue weighted by molar-refractivity contribution is 6.02. The lowest BCUT2D eigenvalue weighted by Gasteiger charge is -2.39. The van der Waals surface area contributed by atoms with E-state index in [-0.39, 0.29) is 23.9 Å². The summed E-state index contributed by atoms with van der Waals surface area (Å²) < 4.78 is 13.6. The fraction of sp³-hybridized carbons (Fsp3) is 0.485. The monoisotopic (exact) mass is 556 g/mol. The van der Waals surface area contributed by atoms with Crippen molar-refractivity contribution in [1.29, 1.82) is 0 Å². The quantitative estimate of drug-likeness (QED) is 0.467. The Balaban J connectivity index is 1.40. The number of nitrogens with zero attached hydrogens (tertiary/aromatic N) is 3. The Morgan fingerprint density at radius 2 is 1.80 bits per heavy atom. The van der Waals surface area contributed by atoms with E-state index in [1.807, 2.05) is 45.2 Å². The molecule has 0 radical (unpaired) electrons. The van der Waals surface area contributed by atoms with Gasteiger partial charge in [0.25, 0.3) is 17.3 Å². The van der Waals surface area contributed by atoms with Gasteiger partial charge in [0.2, 0.25) is 0 Å². The zero-order valence-corrected chi connectivity index (χ0v) is 25.0. The predicted octanol–water partition coefficient (Wildman–Crippen LogP) is 5.17. The molecule has 1 aromatic carbocycles. The molecule has 8 nitrogen and oxygen atoms in total. The fourth-order valence-corrected chi connectivity index (χ4v) is 7.10. The van der Waals surface area contributed by atoms with Crippen LogP contribution in [0.3, 0.4) is 0 Å². The molecule has 6 rings (SSSR count). The van der Waals surface area contributed by atoms with Gasteiger partial charge in [-0.05, 0) is 90.2 Å². The fourth-order valence-electron chi connectivity index (χ4n) is 7.10.